The molecule has 2 aromatic rings. The van der Waals surface area contributed by atoms with Crippen LogP contribution in [0.25, 0.3) is 5.69 Å². The molecule has 0 saturated carbocycles. The van der Waals surface area contributed by atoms with Gasteiger partial charge >= 0.3 is 0 Å². The van der Waals surface area contributed by atoms with E-state index >= 15 is 0 Å². The maximum Gasteiger partial charge on any atom is 0.0995 e. The van der Waals surface area contributed by atoms with Crippen LogP contribution in [0.5, 0.6) is 0 Å². The highest BCUT2D eigenvalue weighted by Gasteiger charge is 2.20. The van der Waals surface area contributed by atoms with Crippen molar-refractivity contribution in [3.8, 4) is 5.69 Å². The third-order valence-corrected chi connectivity index (χ3v) is 3.63. The van der Waals surface area contributed by atoms with E-state index in [4.69, 9.17) is 0 Å². The monoisotopic (exact) mass is 245 g/mol. The predicted molar refractivity (Wildman–Crippen MR) is 69.9 cm³/mol. The van der Waals surface area contributed by atoms with Gasteiger partial charge in [-0.1, -0.05) is 0 Å². The van der Waals surface area contributed by atoms with Crippen LogP contribution in [0.15, 0.2) is 18.7 Å². The number of nitrogens with zero attached hydrogens (tertiary/aromatic N) is 4. The summed E-state index contributed by atoms with van der Waals surface area (Å²) in [5.41, 5.74) is 3.47. The first-order valence-electron chi connectivity index (χ1n) is 6.49. The first-order valence-corrected chi connectivity index (χ1v) is 6.49. The topological polar surface area (TPSA) is 47.7 Å². The molecule has 3 heterocycles. The number of aryl methyl sites for hydroxylation is 2. The Balaban J connectivity index is 1.98. The minimum atomic E-state index is 0.556. The second-order valence-corrected chi connectivity index (χ2v) is 5.01. The van der Waals surface area contributed by atoms with Crippen LogP contribution in [0.2, 0.25) is 0 Å². The minimum Gasteiger partial charge on any atom is -0.316 e. The maximum absolute atomic E-state index is 4.41. The zero-order chi connectivity index (χ0) is 12.5. The number of nitrogens with one attached hydrogen (secondary N) is 1. The summed E-state index contributed by atoms with van der Waals surface area (Å²) in [5, 5.41) is 7.87. The van der Waals surface area contributed by atoms with Crippen molar-refractivity contribution in [1.29, 1.82) is 0 Å². The molecule has 0 bridgehead atoms. The van der Waals surface area contributed by atoms with Crippen LogP contribution in [0.3, 0.4) is 0 Å². The SMILES string of the molecule is Cc1nn(C)cc1-n1cncc1C1CCCNC1. The van der Waals surface area contributed by atoms with Crippen LogP contribution in [-0.2, 0) is 7.05 Å². The molecule has 0 amide bonds. The van der Waals surface area contributed by atoms with Crippen LogP contribution < -0.4 is 5.32 Å². The molecule has 1 N–H and O–H groups in total. The zero-order valence-corrected chi connectivity index (χ0v) is 10.9. The lowest BCUT2D eigenvalue weighted by atomic mass is 9.96. The molecule has 2 aromatic heterocycles. The second kappa shape index (κ2) is 4.57. The van der Waals surface area contributed by atoms with Crippen molar-refractivity contribution >= 4 is 0 Å². The molecule has 1 atom stereocenters. The quantitative estimate of drug-likeness (QED) is 0.869. The smallest absolute Gasteiger partial charge is 0.0995 e. The van der Waals surface area contributed by atoms with Gasteiger partial charge in [-0.05, 0) is 26.3 Å². The predicted octanol–water partition coefficient (Wildman–Crippen LogP) is 1.38. The molecule has 1 saturated heterocycles. The highest BCUT2D eigenvalue weighted by molar-refractivity contribution is 5.36. The lowest BCUT2D eigenvalue weighted by Gasteiger charge is -2.23. The van der Waals surface area contributed by atoms with Gasteiger partial charge in [0.2, 0.25) is 0 Å². The van der Waals surface area contributed by atoms with E-state index in [0.717, 1.165) is 24.5 Å². The molecule has 18 heavy (non-hydrogen) atoms. The Kier molecular flexibility index (Phi) is 2.91. The highest BCUT2D eigenvalue weighted by Crippen LogP contribution is 2.26. The first kappa shape index (κ1) is 11.5. The van der Waals surface area contributed by atoms with E-state index in [9.17, 15) is 0 Å². The average molecular weight is 245 g/mol. The summed E-state index contributed by atoms with van der Waals surface area (Å²) in [6, 6.07) is 0. The van der Waals surface area contributed by atoms with E-state index in [-0.39, 0.29) is 0 Å². The lowest BCUT2D eigenvalue weighted by Crippen LogP contribution is -2.29. The van der Waals surface area contributed by atoms with Gasteiger partial charge < -0.3 is 5.32 Å². The van der Waals surface area contributed by atoms with Gasteiger partial charge in [0.1, 0.15) is 0 Å². The highest BCUT2D eigenvalue weighted by atomic mass is 15.3. The van der Waals surface area contributed by atoms with E-state index in [1.165, 1.54) is 18.5 Å². The fourth-order valence-electron chi connectivity index (χ4n) is 2.74. The maximum atomic E-state index is 4.41. The molecule has 0 aliphatic carbocycles. The van der Waals surface area contributed by atoms with Crippen molar-refractivity contribution in [3.63, 3.8) is 0 Å². The molecule has 96 valence electrons. The van der Waals surface area contributed by atoms with E-state index in [2.05, 4.69) is 26.2 Å². The Morgan fingerprint density at radius 1 is 1.44 bits per heavy atom. The Bertz CT molecular complexity index is 533. The molecule has 1 aliphatic heterocycles. The van der Waals surface area contributed by atoms with Crippen molar-refractivity contribution in [2.45, 2.75) is 25.7 Å². The van der Waals surface area contributed by atoms with Gasteiger partial charge in [-0.25, -0.2) is 4.98 Å². The summed E-state index contributed by atoms with van der Waals surface area (Å²) in [5.74, 6) is 0.556. The van der Waals surface area contributed by atoms with E-state index in [1.807, 2.05) is 31.2 Å². The number of rotatable bonds is 2. The summed E-state index contributed by atoms with van der Waals surface area (Å²) in [4.78, 5) is 4.32. The number of imidazole rings is 1. The van der Waals surface area contributed by atoms with Crippen molar-refractivity contribution in [2.24, 2.45) is 7.05 Å². The van der Waals surface area contributed by atoms with Crippen molar-refractivity contribution in [3.05, 3.63) is 30.1 Å². The summed E-state index contributed by atoms with van der Waals surface area (Å²) in [7, 11) is 1.95. The van der Waals surface area contributed by atoms with Gasteiger partial charge in [-0.3, -0.25) is 9.25 Å². The first-order chi connectivity index (χ1) is 8.75. The third-order valence-electron chi connectivity index (χ3n) is 3.63. The molecule has 0 spiro atoms. The Labute approximate surface area is 107 Å². The lowest BCUT2D eigenvalue weighted by molar-refractivity contribution is 0.451. The summed E-state index contributed by atoms with van der Waals surface area (Å²) in [6.45, 7) is 4.22. The van der Waals surface area contributed by atoms with Crippen molar-refractivity contribution in [2.75, 3.05) is 13.1 Å². The van der Waals surface area contributed by atoms with E-state index in [0.29, 0.717) is 5.92 Å². The third kappa shape index (κ3) is 1.95. The van der Waals surface area contributed by atoms with Crippen molar-refractivity contribution < 1.29 is 0 Å². The molecule has 1 fully saturated rings. The van der Waals surface area contributed by atoms with Crippen LogP contribution in [-0.4, -0.2) is 32.4 Å². The Morgan fingerprint density at radius 2 is 2.33 bits per heavy atom. The standard InChI is InChI=1S/C13H19N5/c1-10-13(8-17(2)16-10)18-9-15-7-12(18)11-4-3-5-14-6-11/h7-9,11,14H,3-6H2,1-2H3. The minimum absolute atomic E-state index is 0.556. The molecule has 5 nitrogen and oxygen atoms in total. The van der Waals surface area contributed by atoms with Gasteiger partial charge in [0.15, 0.2) is 0 Å². The Hall–Kier alpha value is -1.62. The Morgan fingerprint density at radius 3 is 3.00 bits per heavy atom. The van der Waals surface area contributed by atoms with Crippen LogP contribution in [0, 0.1) is 6.92 Å². The normalized spacial score (nSPS) is 20.2. The second-order valence-electron chi connectivity index (χ2n) is 5.01. The van der Waals surface area contributed by atoms with E-state index < -0.39 is 0 Å². The van der Waals surface area contributed by atoms with Crippen molar-refractivity contribution in [1.82, 2.24) is 24.6 Å². The zero-order valence-electron chi connectivity index (χ0n) is 10.9. The van der Waals surface area contributed by atoms with Gasteiger partial charge in [-0.2, -0.15) is 5.10 Å². The summed E-state index contributed by atoms with van der Waals surface area (Å²) >= 11 is 0. The largest absolute Gasteiger partial charge is 0.316 e. The molecule has 1 aliphatic rings. The molecule has 0 radical (unpaired) electrons. The van der Waals surface area contributed by atoms with Crippen LogP contribution in [0.4, 0.5) is 0 Å². The van der Waals surface area contributed by atoms with E-state index in [1.54, 1.807) is 0 Å². The molecule has 5 heteroatoms. The summed E-state index contributed by atoms with van der Waals surface area (Å²) < 4.78 is 4.04. The number of piperidine rings is 1. The van der Waals surface area contributed by atoms with Crippen LogP contribution >= 0.6 is 0 Å². The number of aromatic nitrogens is 4. The van der Waals surface area contributed by atoms with Gasteiger partial charge in [0.05, 0.1) is 17.7 Å². The van der Waals surface area contributed by atoms with Gasteiger partial charge in [0, 0.05) is 37.6 Å². The fourth-order valence-corrected chi connectivity index (χ4v) is 2.74. The molecule has 0 aromatic carbocycles. The number of hydrogen-bond acceptors (Lipinski definition) is 3. The molecular weight excluding hydrogens is 226 g/mol. The fraction of sp³-hybridized carbons (Fsp3) is 0.538. The van der Waals surface area contributed by atoms with Gasteiger partial charge in [-0.15, -0.1) is 0 Å². The number of hydrogen-bond donors (Lipinski definition) is 1. The molecule has 3 rings (SSSR count). The summed E-state index contributed by atoms with van der Waals surface area (Å²) in [6.07, 6.45) is 8.41. The van der Waals surface area contributed by atoms with Gasteiger partial charge in [0.25, 0.3) is 0 Å². The molecular formula is C13H19N5. The van der Waals surface area contributed by atoms with Crippen LogP contribution in [0.1, 0.15) is 30.1 Å². The average Bonchev–Trinajstić information content (AvgIpc) is 2.96. The molecule has 1 unspecified atom stereocenters.